The van der Waals surface area contributed by atoms with Crippen molar-refractivity contribution in [1.29, 1.82) is 0 Å². The molecule has 0 unspecified atom stereocenters. The van der Waals surface area contributed by atoms with Gasteiger partial charge in [-0.1, -0.05) is 11.3 Å². The molecule has 3 aromatic rings. The molecule has 0 spiro atoms. The third-order valence-corrected chi connectivity index (χ3v) is 4.92. The number of anilines is 1. The molecule has 1 aliphatic carbocycles. The van der Waals surface area contributed by atoms with Crippen LogP contribution < -0.4 is 10.1 Å². The van der Waals surface area contributed by atoms with E-state index in [9.17, 15) is 22.4 Å². The quantitative estimate of drug-likeness (QED) is 0.574. The van der Waals surface area contributed by atoms with Crippen LogP contribution in [0.2, 0.25) is 0 Å². The number of nitrogens with one attached hydrogen (secondary N) is 1. The monoisotopic (exact) mass is 434 g/mol. The first-order valence-electron chi connectivity index (χ1n) is 9.68. The molecule has 0 atom stereocenters. The third-order valence-electron chi connectivity index (χ3n) is 4.92. The van der Waals surface area contributed by atoms with Crippen molar-refractivity contribution in [2.45, 2.75) is 38.0 Å². The van der Waals surface area contributed by atoms with E-state index in [1.54, 1.807) is 12.1 Å². The van der Waals surface area contributed by atoms with Crippen LogP contribution in [0.25, 0.3) is 5.69 Å². The number of hydrogen-bond acceptors (Lipinski definition) is 4. The van der Waals surface area contributed by atoms with Gasteiger partial charge in [0.05, 0.1) is 11.8 Å². The molecule has 4 rings (SSSR count). The number of carbonyl (C=O) groups is 1. The number of rotatable bonds is 5. The van der Waals surface area contributed by atoms with Gasteiger partial charge in [-0.25, -0.2) is 9.07 Å². The molecule has 1 heterocycles. The molecular formula is C21H18F4N4O2. The Labute approximate surface area is 174 Å². The minimum Gasteiger partial charge on any atom is -0.490 e. The number of ether oxygens (including phenoxy) is 1. The van der Waals surface area contributed by atoms with E-state index in [0.29, 0.717) is 10.4 Å². The Morgan fingerprint density at radius 1 is 1.10 bits per heavy atom. The number of halogens is 4. The highest BCUT2D eigenvalue weighted by Crippen LogP contribution is 2.33. The summed E-state index contributed by atoms with van der Waals surface area (Å²) < 4.78 is 60.7. The smallest absolute Gasteiger partial charge is 0.435 e. The summed E-state index contributed by atoms with van der Waals surface area (Å²) >= 11 is 0. The van der Waals surface area contributed by atoms with Gasteiger partial charge in [0.15, 0.2) is 11.4 Å². The Morgan fingerprint density at radius 2 is 1.81 bits per heavy atom. The molecule has 10 heteroatoms. The lowest BCUT2D eigenvalue weighted by Crippen LogP contribution is -2.21. The summed E-state index contributed by atoms with van der Waals surface area (Å²) in [5.74, 6) is -1.20. The van der Waals surface area contributed by atoms with E-state index in [4.69, 9.17) is 4.74 Å². The first-order chi connectivity index (χ1) is 14.8. The molecule has 162 valence electrons. The second-order valence-corrected chi connectivity index (χ2v) is 7.18. The largest absolute Gasteiger partial charge is 0.490 e. The van der Waals surface area contributed by atoms with E-state index in [2.05, 4.69) is 15.6 Å². The normalized spacial score (nSPS) is 14.6. The van der Waals surface area contributed by atoms with Crippen LogP contribution in [-0.2, 0) is 6.18 Å². The van der Waals surface area contributed by atoms with Gasteiger partial charge < -0.3 is 10.1 Å². The van der Waals surface area contributed by atoms with Crippen molar-refractivity contribution in [3.05, 3.63) is 65.7 Å². The van der Waals surface area contributed by atoms with Crippen LogP contribution in [0.3, 0.4) is 0 Å². The molecule has 2 aromatic carbocycles. The van der Waals surface area contributed by atoms with Crippen LogP contribution in [0, 0.1) is 5.82 Å². The molecule has 1 amide bonds. The van der Waals surface area contributed by atoms with Gasteiger partial charge in [-0.2, -0.15) is 13.2 Å². The van der Waals surface area contributed by atoms with Crippen LogP contribution in [0.4, 0.5) is 23.2 Å². The number of alkyl halides is 3. The lowest BCUT2D eigenvalue weighted by atomic mass is 10.2. The highest BCUT2D eigenvalue weighted by atomic mass is 19.4. The van der Waals surface area contributed by atoms with Crippen LogP contribution in [0.1, 0.15) is 41.9 Å². The van der Waals surface area contributed by atoms with Crippen molar-refractivity contribution < 1.29 is 27.1 Å². The van der Waals surface area contributed by atoms with Crippen LogP contribution in [0.5, 0.6) is 5.75 Å². The van der Waals surface area contributed by atoms with E-state index < -0.39 is 29.3 Å². The highest BCUT2D eigenvalue weighted by molar-refractivity contribution is 6.03. The predicted octanol–water partition coefficient (Wildman–Crippen LogP) is 5.00. The van der Waals surface area contributed by atoms with Crippen LogP contribution in [-0.4, -0.2) is 27.0 Å². The van der Waals surface area contributed by atoms with Gasteiger partial charge in [0.1, 0.15) is 11.6 Å². The summed E-state index contributed by atoms with van der Waals surface area (Å²) in [7, 11) is 0. The average molecular weight is 434 g/mol. The predicted molar refractivity (Wildman–Crippen MR) is 104 cm³/mol. The molecule has 1 aromatic heterocycles. The lowest BCUT2D eigenvalue weighted by Gasteiger charge is -2.13. The standard InChI is InChI=1S/C21H18F4N4O2/c22-13-4-3-5-15(12-13)29-19(21(23,24)25)18(27-28-29)20(30)26-14-8-10-17(11-9-14)31-16-6-1-2-7-16/h3-5,8-12,16H,1-2,6-7H2,(H,26,30). The molecule has 31 heavy (non-hydrogen) atoms. The van der Waals surface area contributed by atoms with Crippen molar-refractivity contribution in [2.24, 2.45) is 0 Å². The third kappa shape index (κ3) is 4.68. The number of amides is 1. The first kappa shape index (κ1) is 20.8. The summed E-state index contributed by atoms with van der Waals surface area (Å²) in [6.07, 6.45) is -0.568. The Kier molecular flexibility index (Phi) is 5.62. The minimum absolute atomic E-state index is 0.160. The molecule has 0 aliphatic heterocycles. The Balaban J connectivity index is 1.55. The van der Waals surface area contributed by atoms with Gasteiger partial charge in [0, 0.05) is 5.69 Å². The zero-order valence-corrected chi connectivity index (χ0v) is 16.2. The molecule has 1 saturated carbocycles. The van der Waals surface area contributed by atoms with Gasteiger partial charge in [-0.3, -0.25) is 4.79 Å². The van der Waals surface area contributed by atoms with Crippen molar-refractivity contribution in [3.63, 3.8) is 0 Å². The fourth-order valence-corrected chi connectivity index (χ4v) is 3.48. The summed E-state index contributed by atoms with van der Waals surface area (Å²) in [4.78, 5) is 12.5. The number of carbonyl (C=O) groups excluding carboxylic acids is 1. The topological polar surface area (TPSA) is 69.0 Å². The Hall–Kier alpha value is -3.43. The average Bonchev–Trinajstić information content (AvgIpc) is 3.39. The molecular weight excluding hydrogens is 416 g/mol. The zero-order chi connectivity index (χ0) is 22.0. The van der Waals surface area contributed by atoms with Gasteiger partial charge in [0.2, 0.25) is 0 Å². The van der Waals surface area contributed by atoms with Crippen molar-refractivity contribution in [1.82, 2.24) is 15.0 Å². The van der Waals surface area contributed by atoms with E-state index in [-0.39, 0.29) is 17.5 Å². The molecule has 0 bridgehead atoms. The van der Waals surface area contributed by atoms with Gasteiger partial charge in [-0.15, -0.1) is 5.10 Å². The molecule has 1 N–H and O–H groups in total. The maximum Gasteiger partial charge on any atom is 0.435 e. The highest BCUT2D eigenvalue weighted by Gasteiger charge is 2.42. The lowest BCUT2D eigenvalue weighted by molar-refractivity contribution is -0.143. The zero-order valence-electron chi connectivity index (χ0n) is 16.2. The molecule has 1 aliphatic rings. The van der Waals surface area contributed by atoms with Gasteiger partial charge in [0.25, 0.3) is 5.91 Å². The molecule has 6 nitrogen and oxygen atoms in total. The second kappa shape index (κ2) is 8.37. The molecule has 0 saturated heterocycles. The number of hydrogen-bond donors (Lipinski definition) is 1. The molecule has 0 radical (unpaired) electrons. The number of benzene rings is 2. The maximum atomic E-state index is 13.7. The van der Waals surface area contributed by atoms with Crippen molar-refractivity contribution in [2.75, 3.05) is 5.32 Å². The number of nitrogens with zero attached hydrogens (tertiary/aromatic N) is 3. The summed E-state index contributed by atoms with van der Waals surface area (Å²) in [6, 6.07) is 10.8. The first-order valence-corrected chi connectivity index (χ1v) is 9.68. The summed E-state index contributed by atoms with van der Waals surface area (Å²) in [5.41, 5.74) is -2.23. The summed E-state index contributed by atoms with van der Waals surface area (Å²) in [5, 5.41) is 9.22. The van der Waals surface area contributed by atoms with E-state index in [0.717, 1.165) is 37.8 Å². The van der Waals surface area contributed by atoms with Crippen molar-refractivity contribution in [3.8, 4) is 11.4 Å². The number of aromatic nitrogens is 3. The Bertz CT molecular complexity index is 1070. The fraction of sp³-hybridized carbons (Fsp3) is 0.286. The maximum absolute atomic E-state index is 13.7. The van der Waals surface area contributed by atoms with Crippen LogP contribution >= 0.6 is 0 Å². The molecule has 1 fully saturated rings. The van der Waals surface area contributed by atoms with Crippen molar-refractivity contribution >= 4 is 11.6 Å². The van der Waals surface area contributed by atoms with E-state index >= 15 is 0 Å². The van der Waals surface area contributed by atoms with Gasteiger partial charge in [-0.05, 0) is 68.1 Å². The minimum atomic E-state index is -4.94. The van der Waals surface area contributed by atoms with E-state index in [1.807, 2.05) is 0 Å². The SMILES string of the molecule is O=C(Nc1ccc(OC2CCCC2)cc1)c1nnn(-c2cccc(F)c2)c1C(F)(F)F. The van der Waals surface area contributed by atoms with Crippen LogP contribution in [0.15, 0.2) is 48.5 Å². The summed E-state index contributed by atoms with van der Waals surface area (Å²) in [6.45, 7) is 0. The fourth-order valence-electron chi connectivity index (χ4n) is 3.48. The Morgan fingerprint density at radius 3 is 2.45 bits per heavy atom. The second-order valence-electron chi connectivity index (χ2n) is 7.18. The van der Waals surface area contributed by atoms with Gasteiger partial charge >= 0.3 is 6.18 Å². The van der Waals surface area contributed by atoms with E-state index in [1.165, 1.54) is 24.3 Å².